The molecule has 1 aliphatic rings. The number of rotatable bonds is 3. The lowest BCUT2D eigenvalue weighted by atomic mass is 10.0. The van der Waals surface area contributed by atoms with Crippen LogP contribution in [-0.4, -0.2) is 55.3 Å². The van der Waals surface area contributed by atoms with Gasteiger partial charge in [0.05, 0.1) is 17.9 Å². The van der Waals surface area contributed by atoms with Crippen LogP contribution in [0, 0.1) is 0 Å². The van der Waals surface area contributed by atoms with Crippen LogP contribution in [0.4, 0.5) is 33.5 Å². The minimum atomic E-state index is -4.76. The van der Waals surface area contributed by atoms with Gasteiger partial charge >= 0.3 is 6.18 Å². The number of hydrogen-bond donors (Lipinski definition) is 2. The van der Waals surface area contributed by atoms with E-state index in [0.29, 0.717) is 5.82 Å². The normalized spacial score (nSPS) is 19.1. The Bertz CT molecular complexity index is 1140. The van der Waals surface area contributed by atoms with E-state index in [-0.39, 0.29) is 24.3 Å². The van der Waals surface area contributed by atoms with Crippen molar-refractivity contribution in [3.63, 3.8) is 0 Å². The predicted molar refractivity (Wildman–Crippen MR) is 98.9 cm³/mol. The molecule has 14 heteroatoms. The van der Waals surface area contributed by atoms with Crippen LogP contribution in [0.1, 0.15) is 22.5 Å². The van der Waals surface area contributed by atoms with Gasteiger partial charge in [0.15, 0.2) is 11.3 Å². The molecule has 166 valence electrons. The first-order valence-electron chi connectivity index (χ1n) is 9.10. The van der Waals surface area contributed by atoms with Gasteiger partial charge in [-0.2, -0.15) is 23.4 Å². The highest BCUT2D eigenvalue weighted by Gasteiger charge is 2.42. The van der Waals surface area contributed by atoms with E-state index in [1.165, 1.54) is 23.8 Å². The number of anilines is 2. The van der Waals surface area contributed by atoms with Crippen LogP contribution in [0.15, 0.2) is 24.7 Å². The summed E-state index contributed by atoms with van der Waals surface area (Å²) in [6.07, 6.45) is -1.56. The number of carbonyl (C=O) groups excluding carboxylic acids is 1. The Morgan fingerprint density at radius 2 is 2.10 bits per heavy atom. The first-order valence-corrected chi connectivity index (χ1v) is 9.10. The maximum absolute atomic E-state index is 13.7. The van der Waals surface area contributed by atoms with Crippen LogP contribution in [-0.2, 0) is 13.2 Å². The number of halogens is 5. The molecule has 1 saturated heterocycles. The molecule has 1 fully saturated rings. The molecule has 0 radical (unpaired) electrons. The second-order valence-electron chi connectivity index (χ2n) is 7.19. The number of nitrogens with one attached hydrogen (secondary N) is 1. The zero-order valence-electron chi connectivity index (χ0n) is 16.1. The second kappa shape index (κ2) is 7.14. The fourth-order valence-electron chi connectivity index (χ4n) is 3.31. The van der Waals surface area contributed by atoms with Gasteiger partial charge in [0, 0.05) is 39.0 Å². The quantitative estimate of drug-likeness (QED) is 0.598. The number of aryl methyl sites for hydroxylation is 1. The van der Waals surface area contributed by atoms with Crippen LogP contribution in [0.3, 0.4) is 0 Å². The molecule has 31 heavy (non-hydrogen) atoms. The molecule has 0 spiro atoms. The molecule has 1 amide bonds. The van der Waals surface area contributed by atoms with Crippen molar-refractivity contribution < 1.29 is 26.7 Å². The van der Waals surface area contributed by atoms with Crippen LogP contribution < -0.4 is 16.0 Å². The van der Waals surface area contributed by atoms with Gasteiger partial charge in [-0.25, -0.2) is 18.3 Å². The van der Waals surface area contributed by atoms with E-state index in [9.17, 15) is 26.7 Å². The van der Waals surface area contributed by atoms with Crippen molar-refractivity contribution in [3.8, 4) is 0 Å². The fraction of sp³-hybridized carbons (Fsp3) is 0.412. The summed E-state index contributed by atoms with van der Waals surface area (Å²) in [6, 6.07) is 0.152. The summed E-state index contributed by atoms with van der Waals surface area (Å²) in [6.45, 7) is -0.138. The smallest absolute Gasteiger partial charge is 0.354 e. The molecule has 4 heterocycles. The van der Waals surface area contributed by atoms with Gasteiger partial charge in [0.2, 0.25) is 0 Å². The van der Waals surface area contributed by atoms with Crippen molar-refractivity contribution in [1.82, 2.24) is 24.4 Å². The number of nitrogens with two attached hydrogens (primary N) is 1. The van der Waals surface area contributed by atoms with Gasteiger partial charge in [0.25, 0.3) is 11.8 Å². The molecule has 0 saturated carbocycles. The topological polar surface area (TPSA) is 106 Å². The predicted octanol–water partition coefficient (Wildman–Crippen LogP) is 1.91. The van der Waals surface area contributed by atoms with Crippen molar-refractivity contribution in [1.29, 1.82) is 0 Å². The van der Waals surface area contributed by atoms with Crippen molar-refractivity contribution >= 4 is 23.1 Å². The Labute approximate surface area is 171 Å². The highest BCUT2D eigenvalue weighted by atomic mass is 19.4. The highest BCUT2D eigenvalue weighted by molar-refractivity contribution is 6.08. The Morgan fingerprint density at radius 3 is 2.77 bits per heavy atom. The summed E-state index contributed by atoms with van der Waals surface area (Å²) in [5.41, 5.74) is 3.76. The number of carbonyl (C=O) groups is 1. The first kappa shape index (κ1) is 21.0. The summed E-state index contributed by atoms with van der Waals surface area (Å²) in [4.78, 5) is 18.5. The monoisotopic (exact) mass is 444 g/mol. The summed E-state index contributed by atoms with van der Waals surface area (Å²) in [5.74, 6) is -3.56. The zero-order valence-corrected chi connectivity index (χ0v) is 16.1. The molecule has 0 aromatic carbocycles. The number of fused-ring (bicyclic) bond motifs is 1. The van der Waals surface area contributed by atoms with Crippen molar-refractivity contribution in [2.45, 2.75) is 24.6 Å². The average Bonchev–Trinajstić information content (AvgIpc) is 3.26. The van der Waals surface area contributed by atoms with Crippen molar-refractivity contribution in [3.05, 3.63) is 35.9 Å². The number of piperidine rings is 1. The van der Waals surface area contributed by atoms with E-state index in [2.05, 4.69) is 20.5 Å². The average molecular weight is 444 g/mol. The molecular formula is C17H17F5N8O. The Morgan fingerprint density at radius 1 is 1.35 bits per heavy atom. The van der Waals surface area contributed by atoms with E-state index in [1.54, 1.807) is 4.90 Å². The SMILES string of the molecule is Cn1cc(NC(=O)c2cnn3ccc(N4CCC(F)(F)[C@@H](N)C4)nc23)c(C(F)(F)F)n1. The summed E-state index contributed by atoms with van der Waals surface area (Å²) in [5, 5.41) is 9.48. The third-order valence-corrected chi connectivity index (χ3v) is 4.94. The molecule has 0 aliphatic carbocycles. The van der Waals surface area contributed by atoms with Gasteiger partial charge in [-0.1, -0.05) is 0 Å². The number of aromatic nitrogens is 5. The lowest BCUT2D eigenvalue weighted by Crippen LogP contribution is -2.55. The van der Waals surface area contributed by atoms with E-state index < -0.39 is 41.8 Å². The molecule has 0 unspecified atom stereocenters. The number of alkyl halides is 5. The summed E-state index contributed by atoms with van der Waals surface area (Å²) < 4.78 is 68.9. The molecule has 1 atom stereocenters. The molecule has 1 aliphatic heterocycles. The number of hydrogen-bond acceptors (Lipinski definition) is 6. The molecular weight excluding hydrogens is 427 g/mol. The number of nitrogens with zero attached hydrogens (tertiary/aromatic N) is 6. The van der Waals surface area contributed by atoms with Gasteiger partial charge < -0.3 is 16.0 Å². The molecule has 3 aromatic heterocycles. The fourth-order valence-corrected chi connectivity index (χ4v) is 3.31. The minimum Gasteiger partial charge on any atom is -0.354 e. The van der Waals surface area contributed by atoms with E-state index in [1.807, 2.05) is 0 Å². The maximum atomic E-state index is 13.7. The van der Waals surface area contributed by atoms with Crippen molar-refractivity contribution in [2.75, 3.05) is 23.3 Å². The largest absolute Gasteiger partial charge is 0.437 e. The minimum absolute atomic E-state index is 0.00413. The van der Waals surface area contributed by atoms with Crippen LogP contribution in [0.25, 0.3) is 5.65 Å². The Balaban J connectivity index is 1.62. The standard InChI is InChI=1S/C17H17F5N8O/c1-28-7-10(13(27-28)17(20,21)22)25-15(31)9-6-24-30-4-2-12(26-14(9)30)29-5-3-16(18,19)11(23)8-29/h2,4,6-7,11H,3,5,8,23H2,1H3,(H,25,31)/t11-/m0/s1. The number of amides is 1. The summed E-state index contributed by atoms with van der Waals surface area (Å²) in [7, 11) is 1.29. The van der Waals surface area contributed by atoms with E-state index >= 15 is 0 Å². The van der Waals surface area contributed by atoms with Gasteiger partial charge in [0.1, 0.15) is 11.4 Å². The first-order chi connectivity index (χ1) is 14.5. The van der Waals surface area contributed by atoms with Gasteiger partial charge in [-0.3, -0.25) is 9.48 Å². The Kier molecular flexibility index (Phi) is 4.83. The van der Waals surface area contributed by atoms with Crippen LogP contribution >= 0.6 is 0 Å². The van der Waals surface area contributed by atoms with Gasteiger partial charge in [-0.05, 0) is 6.07 Å². The molecule has 4 rings (SSSR count). The van der Waals surface area contributed by atoms with E-state index in [4.69, 9.17) is 5.73 Å². The van der Waals surface area contributed by atoms with Crippen LogP contribution in [0.5, 0.6) is 0 Å². The third-order valence-electron chi connectivity index (χ3n) is 4.94. The molecule has 0 bridgehead atoms. The molecule has 3 aromatic rings. The van der Waals surface area contributed by atoms with E-state index in [0.717, 1.165) is 17.1 Å². The lowest BCUT2D eigenvalue weighted by molar-refractivity contribution is -0.140. The highest BCUT2D eigenvalue weighted by Crippen LogP contribution is 2.34. The van der Waals surface area contributed by atoms with Gasteiger partial charge in [-0.15, -0.1) is 0 Å². The molecule has 9 nitrogen and oxygen atoms in total. The molecule has 3 N–H and O–H groups in total. The maximum Gasteiger partial charge on any atom is 0.437 e. The lowest BCUT2D eigenvalue weighted by Gasteiger charge is -2.37. The Hall–Kier alpha value is -3.29. The van der Waals surface area contributed by atoms with Crippen molar-refractivity contribution in [2.24, 2.45) is 12.8 Å². The third kappa shape index (κ3) is 3.89. The van der Waals surface area contributed by atoms with Crippen LogP contribution in [0.2, 0.25) is 0 Å². The zero-order chi connectivity index (χ0) is 22.6. The second-order valence-corrected chi connectivity index (χ2v) is 7.19. The summed E-state index contributed by atoms with van der Waals surface area (Å²) >= 11 is 0.